The van der Waals surface area contributed by atoms with Gasteiger partial charge in [0.1, 0.15) is 0 Å². The number of carbonyl (C=O) groups is 2. The quantitative estimate of drug-likeness (QED) is 0.778. The molecule has 1 saturated carbocycles. The van der Waals surface area contributed by atoms with Crippen molar-refractivity contribution in [3.05, 3.63) is 44.8 Å². The third kappa shape index (κ3) is 4.35. The van der Waals surface area contributed by atoms with E-state index in [1.54, 1.807) is 0 Å². The van der Waals surface area contributed by atoms with Crippen LogP contribution < -0.4 is 10.6 Å². The van der Waals surface area contributed by atoms with E-state index in [-0.39, 0.29) is 22.9 Å². The van der Waals surface area contributed by atoms with Crippen LogP contribution in [0, 0.1) is 5.92 Å². The van der Waals surface area contributed by atoms with Gasteiger partial charge in [0.05, 0.1) is 9.75 Å². The molecule has 4 nitrogen and oxygen atoms in total. The van der Waals surface area contributed by atoms with Gasteiger partial charge >= 0.3 is 0 Å². The Kier molecular flexibility index (Phi) is 5.53. The number of carbonyl (C=O) groups excluding carboxylic acids is 2. The first-order chi connectivity index (χ1) is 12.3. The first-order valence-corrected chi connectivity index (χ1v) is 10.8. The molecule has 0 aliphatic heterocycles. The lowest BCUT2D eigenvalue weighted by molar-refractivity contribution is 0.0784. The summed E-state index contributed by atoms with van der Waals surface area (Å²) in [5.41, 5.74) is -0.439. The molecule has 2 amide bonds. The van der Waals surface area contributed by atoms with E-state index in [2.05, 4.69) is 31.4 Å². The predicted octanol–water partition coefficient (Wildman–Crippen LogP) is 4.70. The van der Waals surface area contributed by atoms with Crippen LogP contribution in [0.1, 0.15) is 65.8 Å². The molecule has 1 aliphatic rings. The highest BCUT2D eigenvalue weighted by atomic mass is 32.1. The van der Waals surface area contributed by atoms with Gasteiger partial charge in [-0.1, -0.05) is 12.1 Å². The average molecular weight is 391 g/mol. The number of hydrogen-bond acceptors (Lipinski definition) is 4. The van der Waals surface area contributed by atoms with Gasteiger partial charge in [-0.05, 0) is 75.3 Å². The van der Waals surface area contributed by atoms with Crippen molar-refractivity contribution in [3.63, 3.8) is 0 Å². The molecule has 0 aromatic carbocycles. The van der Waals surface area contributed by atoms with Gasteiger partial charge < -0.3 is 10.6 Å². The molecule has 2 aromatic rings. The van der Waals surface area contributed by atoms with Crippen LogP contribution in [0.4, 0.5) is 0 Å². The maximum atomic E-state index is 12.4. The van der Waals surface area contributed by atoms with E-state index in [4.69, 9.17) is 0 Å². The Labute approximate surface area is 163 Å². The summed E-state index contributed by atoms with van der Waals surface area (Å²) in [7, 11) is 0. The number of nitrogens with one attached hydrogen (secondary N) is 2. The molecule has 2 aromatic heterocycles. The van der Waals surface area contributed by atoms with E-state index < -0.39 is 0 Å². The minimum absolute atomic E-state index is 0.00401. The van der Waals surface area contributed by atoms with E-state index in [0.717, 1.165) is 35.4 Å². The number of amides is 2. The summed E-state index contributed by atoms with van der Waals surface area (Å²) in [5, 5.41) is 10.3. The van der Waals surface area contributed by atoms with Crippen molar-refractivity contribution in [2.75, 3.05) is 0 Å². The Balaban J connectivity index is 1.56. The summed E-state index contributed by atoms with van der Waals surface area (Å²) in [4.78, 5) is 26.3. The van der Waals surface area contributed by atoms with Crippen LogP contribution in [0.15, 0.2) is 35.0 Å². The molecule has 2 heterocycles. The second kappa shape index (κ2) is 7.53. The van der Waals surface area contributed by atoms with E-state index in [1.165, 1.54) is 22.7 Å². The molecular formula is C20H26N2O2S2. The summed E-state index contributed by atoms with van der Waals surface area (Å²) in [6.07, 6.45) is 3.82. The van der Waals surface area contributed by atoms with Crippen LogP contribution in [0.5, 0.6) is 0 Å². The zero-order chi connectivity index (χ0) is 18.8. The van der Waals surface area contributed by atoms with Gasteiger partial charge in [0, 0.05) is 11.1 Å². The molecule has 0 unspecified atom stereocenters. The zero-order valence-corrected chi connectivity index (χ0v) is 17.1. The minimum atomic E-state index is -0.264. The average Bonchev–Trinajstić information content (AvgIpc) is 3.28. The summed E-state index contributed by atoms with van der Waals surface area (Å²) < 4.78 is 0. The van der Waals surface area contributed by atoms with E-state index in [0.29, 0.717) is 5.92 Å². The van der Waals surface area contributed by atoms with Crippen molar-refractivity contribution in [2.45, 2.75) is 57.5 Å². The van der Waals surface area contributed by atoms with Gasteiger partial charge in [-0.3, -0.25) is 9.59 Å². The Hall–Kier alpha value is -1.66. The third-order valence-electron chi connectivity index (χ3n) is 5.45. The monoisotopic (exact) mass is 390 g/mol. The maximum absolute atomic E-state index is 12.4. The largest absolute Gasteiger partial charge is 0.346 e. The van der Waals surface area contributed by atoms with Gasteiger partial charge in [-0.15, -0.1) is 22.7 Å². The van der Waals surface area contributed by atoms with E-state index in [9.17, 15) is 9.59 Å². The van der Waals surface area contributed by atoms with Gasteiger partial charge in [0.25, 0.3) is 11.8 Å². The lowest BCUT2D eigenvalue weighted by Gasteiger charge is -2.44. The molecule has 3 rings (SSSR count). The number of rotatable bonds is 5. The molecule has 6 heteroatoms. The molecule has 1 fully saturated rings. The van der Waals surface area contributed by atoms with Crippen LogP contribution in [0.25, 0.3) is 0 Å². The number of thiophene rings is 2. The Morgan fingerprint density at radius 2 is 1.58 bits per heavy atom. The van der Waals surface area contributed by atoms with Crippen molar-refractivity contribution < 1.29 is 9.59 Å². The van der Waals surface area contributed by atoms with Gasteiger partial charge in [0.2, 0.25) is 0 Å². The second-order valence-corrected chi connectivity index (χ2v) is 9.81. The zero-order valence-electron chi connectivity index (χ0n) is 15.5. The lowest BCUT2D eigenvalue weighted by atomic mass is 9.70. The van der Waals surface area contributed by atoms with Crippen molar-refractivity contribution >= 4 is 34.5 Å². The second-order valence-electron chi connectivity index (χ2n) is 7.92. The fraction of sp³-hybridized carbons (Fsp3) is 0.500. The standard InChI is InChI=1S/C20H26N2O2S2/c1-19(2,21-17(23)15-6-4-12-25-15)14-8-10-20(3,11-9-14)22-18(24)16-7-5-13-26-16/h4-7,12-14H,8-11H2,1-3H3,(H,21,23)(H,22,24). The Bertz CT molecular complexity index is 743. The van der Waals surface area contributed by atoms with Crippen molar-refractivity contribution in [2.24, 2.45) is 5.92 Å². The van der Waals surface area contributed by atoms with Crippen LogP contribution in [0.2, 0.25) is 0 Å². The first-order valence-electron chi connectivity index (χ1n) is 9.01. The molecule has 0 atom stereocenters. The summed E-state index contributed by atoms with van der Waals surface area (Å²) in [6, 6.07) is 7.51. The fourth-order valence-electron chi connectivity index (χ4n) is 3.71. The summed E-state index contributed by atoms with van der Waals surface area (Å²) in [6.45, 7) is 6.35. The van der Waals surface area contributed by atoms with E-state index in [1.807, 2.05) is 35.0 Å². The highest BCUT2D eigenvalue weighted by Crippen LogP contribution is 2.38. The SMILES string of the molecule is CC1(NC(=O)c2cccs2)CCC(C(C)(C)NC(=O)c2cccs2)CC1. The first kappa shape index (κ1) is 19.1. The minimum Gasteiger partial charge on any atom is -0.346 e. The van der Waals surface area contributed by atoms with Crippen molar-refractivity contribution in [3.8, 4) is 0 Å². The Morgan fingerprint density at radius 1 is 1.04 bits per heavy atom. The van der Waals surface area contributed by atoms with Gasteiger partial charge in [0.15, 0.2) is 0 Å². The smallest absolute Gasteiger partial charge is 0.261 e. The van der Waals surface area contributed by atoms with Crippen LogP contribution in [0.3, 0.4) is 0 Å². The maximum Gasteiger partial charge on any atom is 0.261 e. The molecular weight excluding hydrogens is 364 g/mol. The molecule has 0 saturated heterocycles. The van der Waals surface area contributed by atoms with Crippen LogP contribution >= 0.6 is 22.7 Å². The summed E-state index contributed by atoms with van der Waals surface area (Å²) in [5.74, 6) is 0.425. The fourth-order valence-corrected chi connectivity index (χ4v) is 4.95. The molecule has 1 aliphatic carbocycles. The topological polar surface area (TPSA) is 58.2 Å². The molecule has 0 spiro atoms. The molecule has 26 heavy (non-hydrogen) atoms. The number of hydrogen-bond donors (Lipinski definition) is 2. The van der Waals surface area contributed by atoms with Crippen molar-refractivity contribution in [1.82, 2.24) is 10.6 Å². The van der Waals surface area contributed by atoms with Crippen LogP contribution in [-0.2, 0) is 0 Å². The van der Waals surface area contributed by atoms with Gasteiger partial charge in [-0.25, -0.2) is 0 Å². The highest BCUT2D eigenvalue weighted by Gasteiger charge is 2.39. The molecule has 2 N–H and O–H groups in total. The van der Waals surface area contributed by atoms with E-state index >= 15 is 0 Å². The molecule has 0 radical (unpaired) electrons. The normalized spacial score (nSPS) is 23.4. The third-order valence-corrected chi connectivity index (χ3v) is 7.19. The highest BCUT2D eigenvalue weighted by molar-refractivity contribution is 7.12. The molecule has 140 valence electrons. The van der Waals surface area contributed by atoms with Crippen LogP contribution in [-0.4, -0.2) is 22.9 Å². The lowest BCUT2D eigenvalue weighted by Crippen LogP contribution is -2.54. The summed E-state index contributed by atoms with van der Waals surface area (Å²) >= 11 is 2.94. The molecule has 0 bridgehead atoms. The predicted molar refractivity (Wildman–Crippen MR) is 108 cm³/mol. The Morgan fingerprint density at radius 3 is 2.08 bits per heavy atom. The van der Waals surface area contributed by atoms with Gasteiger partial charge in [-0.2, -0.15) is 0 Å². The van der Waals surface area contributed by atoms with Crippen molar-refractivity contribution in [1.29, 1.82) is 0 Å².